The smallest absolute Gasteiger partial charge is 0.251 e. The molecule has 1 aliphatic rings. The summed E-state index contributed by atoms with van der Waals surface area (Å²) in [6.07, 6.45) is 2.81. The molecular formula is C17H24N2O3. The third-order valence-electron chi connectivity index (χ3n) is 3.78. The lowest BCUT2D eigenvalue weighted by molar-refractivity contribution is 0.0918. The van der Waals surface area contributed by atoms with E-state index >= 15 is 0 Å². The fraction of sp³-hybridized carbons (Fsp3) is 0.529. The van der Waals surface area contributed by atoms with E-state index in [0.717, 1.165) is 12.8 Å². The number of nitrogens with one attached hydrogen (secondary N) is 2. The number of carbonyl (C=O) groups is 2. The summed E-state index contributed by atoms with van der Waals surface area (Å²) in [7, 11) is 0. The van der Waals surface area contributed by atoms with E-state index in [1.807, 2.05) is 13.8 Å². The van der Waals surface area contributed by atoms with Crippen molar-refractivity contribution in [3.8, 4) is 0 Å². The van der Waals surface area contributed by atoms with E-state index in [0.29, 0.717) is 23.5 Å². The Morgan fingerprint density at radius 2 is 1.59 bits per heavy atom. The van der Waals surface area contributed by atoms with E-state index in [2.05, 4.69) is 10.6 Å². The van der Waals surface area contributed by atoms with Crippen LogP contribution in [0.4, 0.5) is 0 Å². The molecule has 5 nitrogen and oxygen atoms in total. The number of aliphatic hydroxyl groups excluding tert-OH is 1. The van der Waals surface area contributed by atoms with Gasteiger partial charge < -0.3 is 15.7 Å². The van der Waals surface area contributed by atoms with Crippen LogP contribution in [0, 0.1) is 5.92 Å². The third-order valence-corrected chi connectivity index (χ3v) is 3.78. The van der Waals surface area contributed by atoms with Crippen LogP contribution < -0.4 is 10.6 Å². The van der Waals surface area contributed by atoms with Crippen molar-refractivity contribution in [3.05, 3.63) is 35.4 Å². The molecule has 0 spiro atoms. The molecule has 2 amide bonds. The van der Waals surface area contributed by atoms with Gasteiger partial charge in [-0.1, -0.05) is 0 Å². The Labute approximate surface area is 131 Å². The first-order valence-electron chi connectivity index (χ1n) is 7.84. The van der Waals surface area contributed by atoms with Crippen LogP contribution in [0.1, 0.15) is 53.8 Å². The Kier molecular flexibility index (Phi) is 5.55. The predicted octanol–water partition coefficient (Wildman–Crippen LogP) is 1.72. The number of hydrogen-bond acceptors (Lipinski definition) is 3. The predicted molar refractivity (Wildman–Crippen MR) is 84.7 cm³/mol. The van der Waals surface area contributed by atoms with E-state index in [4.69, 9.17) is 5.11 Å². The Bertz CT molecular complexity index is 521. The van der Waals surface area contributed by atoms with E-state index in [9.17, 15) is 9.59 Å². The highest BCUT2D eigenvalue weighted by Crippen LogP contribution is 2.34. The number of benzene rings is 1. The lowest BCUT2D eigenvalue weighted by Gasteiger charge is -2.17. The van der Waals surface area contributed by atoms with Crippen LogP contribution in [-0.4, -0.2) is 35.6 Å². The summed E-state index contributed by atoms with van der Waals surface area (Å²) in [5.41, 5.74) is 1.07. The van der Waals surface area contributed by atoms with Gasteiger partial charge in [-0.2, -0.15) is 0 Å². The van der Waals surface area contributed by atoms with E-state index in [1.54, 1.807) is 24.3 Å². The molecule has 22 heavy (non-hydrogen) atoms. The molecule has 0 saturated heterocycles. The van der Waals surface area contributed by atoms with Crippen LogP contribution >= 0.6 is 0 Å². The van der Waals surface area contributed by atoms with Crippen LogP contribution in [0.5, 0.6) is 0 Å². The summed E-state index contributed by atoms with van der Waals surface area (Å²) in [6, 6.07) is 6.76. The zero-order valence-corrected chi connectivity index (χ0v) is 13.1. The summed E-state index contributed by atoms with van der Waals surface area (Å²) in [4.78, 5) is 24.1. The van der Waals surface area contributed by atoms with Crippen LogP contribution in [-0.2, 0) is 0 Å². The average Bonchev–Trinajstić information content (AvgIpc) is 3.31. The van der Waals surface area contributed by atoms with Gasteiger partial charge in [-0.05, 0) is 63.3 Å². The van der Waals surface area contributed by atoms with Gasteiger partial charge in [0.05, 0.1) is 0 Å². The van der Waals surface area contributed by atoms with Crippen molar-refractivity contribution >= 4 is 11.8 Å². The second kappa shape index (κ2) is 7.40. The first-order chi connectivity index (χ1) is 10.5. The Hall–Kier alpha value is -1.88. The molecule has 1 aromatic rings. The van der Waals surface area contributed by atoms with Gasteiger partial charge in [-0.15, -0.1) is 0 Å². The minimum Gasteiger partial charge on any atom is -0.396 e. The number of aliphatic hydroxyl groups is 1. The minimum absolute atomic E-state index is 0.0430. The molecule has 0 bridgehead atoms. The molecule has 1 aromatic carbocycles. The number of hydrogen-bond donors (Lipinski definition) is 3. The Balaban J connectivity index is 1.97. The molecule has 1 fully saturated rings. The molecule has 1 atom stereocenters. The van der Waals surface area contributed by atoms with E-state index in [-0.39, 0.29) is 30.5 Å². The molecule has 1 unspecified atom stereocenters. The fourth-order valence-electron chi connectivity index (χ4n) is 2.43. The zero-order chi connectivity index (χ0) is 16.1. The highest BCUT2D eigenvalue weighted by atomic mass is 16.3. The van der Waals surface area contributed by atoms with E-state index < -0.39 is 0 Å². The molecule has 1 saturated carbocycles. The summed E-state index contributed by atoms with van der Waals surface area (Å²) in [6.45, 7) is 3.88. The van der Waals surface area contributed by atoms with Crippen molar-refractivity contribution in [3.63, 3.8) is 0 Å². The van der Waals surface area contributed by atoms with Crippen molar-refractivity contribution in [1.29, 1.82) is 0 Å². The summed E-state index contributed by atoms with van der Waals surface area (Å²) >= 11 is 0. The number of rotatable bonds is 7. The highest BCUT2D eigenvalue weighted by molar-refractivity contribution is 5.98. The first-order valence-corrected chi connectivity index (χ1v) is 7.84. The van der Waals surface area contributed by atoms with Gasteiger partial charge in [-0.25, -0.2) is 0 Å². The SMILES string of the molecule is CC(C)NC(=O)c1ccc(C(=O)NC(CCO)C2CC2)cc1. The Morgan fingerprint density at radius 3 is 2.00 bits per heavy atom. The summed E-state index contributed by atoms with van der Waals surface area (Å²) in [5, 5.41) is 14.9. The second-order valence-corrected chi connectivity index (χ2v) is 6.14. The van der Waals surface area contributed by atoms with Gasteiger partial charge in [0.2, 0.25) is 0 Å². The minimum atomic E-state index is -0.152. The normalized spacial score (nSPS) is 15.5. The van der Waals surface area contributed by atoms with Crippen molar-refractivity contribution in [2.75, 3.05) is 6.61 Å². The van der Waals surface area contributed by atoms with Gasteiger partial charge in [0.25, 0.3) is 11.8 Å². The van der Waals surface area contributed by atoms with Gasteiger partial charge in [-0.3, -0.25) is 9.59 Å². The first kappa shape index (κ1) is 16.5. The quantitative estimate of drug-likeness (QED) is 0.717. The van der Waals surface area contributed by atoms with Crippen LogP contribution in [0.15, 0.2) is 24.3 Å². The molecule has 0 aliphatic heterocycles. The number of amides is 2. The Morgan fingerprint density at radius 1 is 1.09 bits per heavy atom. The second-order valence-electron chi connectivity index (χ2n) is 6.14. The molecule has 0 aromatic heterocycles. The largest absolute Gasteiger partial charge is 0.396 e. The molecule has 0 radical (unpaired) electrons. The van der Waals surface area contributed by atoms with Gasteiger partial charge >= 0.3 is 0 Å². The van der Waals surface area contributed by atoms with Crippen molar-refractivity contribution in [2.24, 2.45) is 5.92 Å². The van der Waals surface area contributed by atoms with Gasteiger partial charge in [0.15, 0.2) is 0 Å². The van der Waals surface area contributed by atoms with Crippen LogP contribution in [0.25, 0.3) is 0 Å². The molecular weight excluding hydrogens is 280 g/mol. The molecule has 3 N–H and O–H groups in total. The molecule has 5 heteroatoms. The standard InChI is InChI=1S/C17H24N2O3/c1-11(2)18-16(21)13-5-7-14(8-6-13)17(22)19-15(9-10-20)12-3-4-12/h5-8,11-12,15,20H,3-4,9-10H2,1-2H3,(H,18,21)(H,19,22). The summed E-state index contributed by atoms with van der Waals surface area (Å²) in [5.74, 6) is 0.200. The van der Waals surface area contributed by atoms with Crippen molar-refractivity contribution in [2.45, 2.75) is 45.2 Å². The highest BCUT2D eigenvalue weighted by Gasteiger charge is 2.31. The maximum absolute atomic E-state index is 12.2. The molecule has 120 valence electrons. The topological polar surface area (TPSA) is 78.4 Å². The van der Waals surface area contributed by atoms with Crippen LogP contribution in [0.3, 0.4) is 0 Å². The van der Waals surface area contributed by atoms with Crippen molar-refractivity contribution in [1.82, 2.24) is 10.6 Å². The molecule has 1 aliphatic carbocycles. The zero-order valence-electron chi connectivity index (χ0n) is 13.1. The van der Waals surface area contributed by atoms with E-state index in [1.165, 1.54) is 0 Å². The summed E-state index contributed by atoms with van der Waals surface area (Å²) < 4.78 is 0. The molecule has 2 rings (SSSR count). The fourth-order valence-corrected chi connectivity index (χ4v) is 2.43. The lowest BCUT2D eigenvalue weighted by atomic mass is 10.1. The van der Waals surface area contributed by atoms with Crippen molar-refractivity contribution < 1.29 is 14.7 Å². The average molecular weight is 304 g/mol. The van der Waals surface area contributed by atoms with Gasteiger partial charge in [0.1, 0.15) is 0 Å². The molecule has 0 heterocycles. The number of carbonyl (C=O) groups excluding carboxylic acids is 2. The lowest BCUT2D eigenvalue weighted by Crippen LogP contribution is -2.37. The van der Waals surface area contributed by atoms with Gasteiger partial charge in [0, 0.05) is 29.8 Å². The monoisotopic (exact) mass is 304 g/mol. The van der Waals surface area contributed by atoms with Crippen LogP contribution in [0.2, 0.25) is 0 Å². The maximum Gasteiger partial charge on any atom is 0.251 e. The maximum atomic E-state index is 12.2. The third kappa shape index (κ3) is 4.56.